The summed E-state index contributed by atoms with van der Waals surface area (Å²) in [5, 5.41) is 4.34. The second-order valence-corrected chi connectivity index (χ2v) is 6.12. The van der Waals surface area contributed by atoms with Gasteiger partial charge in [-0.2, -0.15) is 5.10 Å². The molecule has 1 fully saturated rings. The number of hydrogen-bond acceptors (Lipinski definition) is 4. The molecule has 2 heterocycles. The Kier molecular flexibility index (Phi) is 4.04. The Morgan fingerprint density at radius 2 is 1.84 bits per heavy atom. The zero-order valence-corrected chi connectivity index (χ0v) is 12.3. The molecule has 0 spiro atoms. The molecule has 1 saturated heterocycles. The molecule has 1 aliphatic rings. The Morgan fingerprint density at radius 3 is 2.42 bits per heavy atom. The molecule has 0 bridgehead atoms. The van der Waals surface area contributed by atoms with Gasteiger partial charge in [-0.15, -0.1) is 0 Å². The van der Waals surface area contributed by atoms with Crippen LogP contribution in [0.15, 0.2) is 12.4 Å². The number of unbranched alkanes of at least 4 members (excludes halogenated alkanes) is 1. The van der Waals surface area contributed by atoms with Crippen LogP contribution in [0.3, 0.4) is 0 Å². The molecule has 0 saturated carbocycles. The van der Waals surface area contributed by atoms with E-state index in [0.29, 0.717) is 0 Å². The Bertz CT molecular complexity index is 415. The third kappa shape index (κ3) is 3.01. The highest BCUT2D eigenvalue weighted by molar-refractivity contribution is 6.61. The van der Waals surface area contributed by atoms with E-state index >= 15 is 0 Å². The lowest BCUT2D eigenvalue weighted by atomic mass is 9.82. The fourth-order valence-electron chi connectivity index (χ4n) is 2.02. The van der Waals surface area contributed by atoms with Gasteiger partial charge in [0.05, 0.1) is 11.2 Å². The lowest BCUT2D eigenvalue weighted by Crippen LogP contribution is -2.41. The van der Waals surface area contributed by atoms with Crippen LogP contribution in [0, 0.1) is 0 Å². The van der Waals surface area contributed by atoms with Crippen LogP contribution in [0.5, 0.6) is 0 Å². The van der Waals surface area contributed by atoms with Crippen molar-refractivity contribution < 1.29 is 9.31 Å². The Balaban J connectivity index is 2.00. The van der Waals surface area contributed by atoms with Crippen molar-refractivity contribution in [1.29, 1.82) is 0 Å². The van der Waals surface area contributed by atoms with Crippen molar-refractivity contribution in [3.8, 4) is 0 Å². The summed E-state index contributed by atoms with van der Waals surface area (Å²) in [6.45, 7) is 9.83. The Hall–Kier alpha value is -0.845. The molecule has 1 aliphatic heterocycles. The van der Waals surface area contributed by atoms with Crippen molar-refractivity contribution in [1.82, 2.24) is 9.78 Å². The molecule has 2 N–H and O–H groups in total. The number of nitrogens with zero attached hydrogens (tertiary/aromatic N) is 2. The van der Waals surface area contributed by atoms with Crippen molar-refractivity contribution >= 4 is 12.6 Å². The van der Waals surface area contributed by atoms with Crippen molar-refractivity contribution in [2.24, 2.45) is 5.73 Å². The van der Waals surface area contributed by atoms with Crippen molar-refractivity contribution in [2.45, 2.75) is 58.3 Å². The van der Waals surface area contributed by atoms with E-state index < -0.39 is 0 Å². The van der Waals surface area contributed by atoms with Crippen LogP contribution in [0.25, 0.3) is 0 Å². The summed E-state index contributed by atoms with van der Waals surface area (Å²) < 4.78 is 13.9. The molecule has 19 heavy (non-hydrogen) atoms. The van der Waals surface area contributed by atoms with Gasteiger partial charge in [-0.3, -0.25) is 4.68 Å². The molecule has 106 valence electrons. The molecule has 6 heteroatoms. The van der Waals surface area contributed by atoms with Crippen LogP contribution in [0.2, 0.25) is 0 Å². The van der Waals surface area contributed by atoms with E-state index in [4.69, 9.17) is 15.0 Å². The molecule has 0 amide bonds. The molecule has 2 rings (SSSR count). The monoisotopic (exact) mass is 265 g/mol. The van der Waals surface area contributed by atoms with E-state index in [1.54, 1.807) is 0 Å². The third-order valence-corrected chi connectivity index (χ3v) is 4.02. The minimum atomic E-state index is -0.326. The number of aryl methyl sites for hydroxylation is 1. The van der Waals surface area contributed by atoms with Gasteiger partial charge in [0.2, 0.25) is 0 Å². The first-order chi connectivity index (χ1) is 8.86. The third-order valence-electron chi connectivity index (χ3n) is 4.02. The summed E-state index contributed by atoms with van der Waals surface area (Å²) in [6.07, 6.45) is 5.88. The predicted molar refractivity (Wildman–Crippen MR) is 76.2 cm³/mol. The quantitative estimate of drug-likeness (QED) is 0.635. The second-order valence-electron chi connectivity index (χ2n) is 6.12. The molecule has 0 radical (unpaired) electrons. The van der Waals surface area contributed by atoms with Gasteiger partial charge in [-0.05, 0) is 47.1 Å². The molecular formula is C13H24BN3O2. The summed E-state index contributed by atoms with van der Waals surface area (Å²) in [6, 6.07) is 0. The van der Waals surface area contributed by atoms with Crippen molar-refractivity contribution in [3.05, 3.63) is 12.4 Å². The second kappa shape index (κ2) is 5.27. The van der Waals surface area contributed by atoms with Crippen LogP contribution >= 0.6 is 0 Å². The van der Waals surface area contributed by atoms with Crippen LogP contribution in [-0.4, -0.2) is 34.6 Å². The largest absolute Gasteiger partial charge is 0.498 e. The fraction of sp³-hybridized carbons (Fsp3) is 0.769. The first kappa shape index (κ1) is 14.6. The van der Waals surface area contributed by atoms with Crippen LogP contribution in [-0.2, 0) is 15.9 Å². The number of hydrogen-bond donors (Lipinski definition) is 1. The highest BCUT2D eigenvalue weighted by atomic mass is 16.7. The lowest BCUT2D eigenvalue weighted by Gasteiger charge is -2.32. The van der Waals surface area contributed by atoms with Crippen molar-refractivity contribution in [3.63, 3.8) is 0 Å². The zero-order valence-electron chi connectivity index (χ0n) is 12.3. The highest BCUT2D eigenvalue weighted by Crippen LogP contribution is 2.36. The zero-order chi connectivity index (χ0) is 14.1. The maximum Gasteiger partial charge on any atom is 0.498 e. The normalized spacial score (nSPS) is 21.0. The van der Waals surface area contributed by atoms with Gasteiger partial charge in [0.15, 0.2) is 0 Å². The van der Waals surface area contributed by atoms with Gasteiger partial charge in [-0.1, -0.05) is 0 Å². The minimum absolute atomic E-state index is 0.306. The molecule has 0 aromatic carbocycles. The molecule has 0 unspecified atom stereocenters. The van der Waals surface area contributed by atoms with E-state index in [0.717, 1.165) is 31.4 Å². The molecular weight excluding hydrogens is 241 g/mol. The Morgan fingerprint density at radius 1 is 1.21 bits per heavy atom. The van der Waals surface area contributed by atoms with E-state index in [-0.39, 0.29) is 18.3 Å². The minimum Gasteiger partial charge on any atom is -0.399 e. The first-order valence-electron chi connectivity index (χ1n) is 6.94. The van der Waals surface area contributed by atoms with Gasteiger partial charge >= 0.3 is 7.12 Å². The lowest BCUT2D eigenvalue weighted by molar-refractivity contribution is 0.00578. The molecule has 1 aromatic rings. The fourth-order valence-corrected chi connectivity index (χ4v) is 2.02. The van der Waals surface area contributed by atoms with Gasteiger partial charge in [0.25, 0.3) is 0 Å². The smallest absolute Gasteiger partial charge is 0.399 e. The first-order valence-corrected chi connectivity index (χ1v) is 6.94. The van der Waals surface area contributed by atoms with Gasteiger partial charge in [-0.25, -0.2) is 0 Å². The van der Waals surface area contributed by atoms with E-state index in [9.17, 15) is 0 Å². The molecule has 5 nitrogen and oxygen atoms in total. The number of rotatable bonds is 5. The van der Waals surface area contributed by atoms with Gasteiger partial charge < -0.3 is 15.0 Å². The van der Waals surface area contributed by atoms with E-state index in [2.05, 4.69) is 32.8 Å². The topological polar surface area (TPSA) is 62.3 Å². The van der Waals surface area contributed by atoms with Crippen LogP contribution in [0.1, 0.15) is 40.5 Å². The van der Waals surface area contributed by atoms with E-state index in [1.807, 2.05) is 17.1 Å². The summed E-state index contributed by atoms with van der Waals surface area (Å²) in [7, 11) is -0.326. The van der Waals surface area contributed by atoms with Crippen LogP contribution < -0.4 is 11.2 Å². The van der Waals surface area contributed by atoms with Gasteiger partial charge in [0.1, 0.15) is 0 Å². The predicted octanol–water partition coefficient (Wildman–Crippen LogP) is 0.921. The molecule has 0 atom stereocenters. The van der Waals surface area contributed by atoms with E-state index in [1.165, 1.54) is 0 Å². The highest BCUT2D eigenvalue weighted by Gasteiger charge is 2.52. The average molecular weight is 265 g/mol. The van der Waals surface area contributed by atoms with Crippen molar-refractivity contribution in [2.75, 3.05) is 6.54 Å². The average Bonchev–Trinajstić information content (AvgIpc) is 2.83. The SMILES string of the molecule is CC1(C)OB(c2cnn(CCCCN)c2)OC1(C)C. The summed E-state index contributed by atoms with van der Waals surface area (Å²) in [4.78, 5) is 0. The number of aromatic nitrogens is 2. The summed E-state index contributed by atoms with van der Waals surface area (Å²) in [5.41, 5.74) is 5.85. The molecule has 0 aliphatic carbocycles. The molecule has 1 aromatic heterocycles. The summed E-state index contributed by atoms with van der Waals surface area (Å²) in [5.74, 6) is 0. The van der Waals surface area contributed by atoms with Crippen LogP contribution in [0.4, 0.5) is 0 Å². The maximum absolute atomic E-state index is 5.99. The summed E-state index contributed by atoms with van der Waals surface area (Å²) >= 11 is 0. The Labute approximate surface area is 115 Å². The van der Waals surface area contributed by atoms with Gasteiger partial charge in [0, 0.05) is 24.4 Å². The maximum atomic E-state index is 5.99. The standard InChI is InChI=1S/C13H24BN3O2/c1-12(2)13(3,4)19-14(18-12)11-9-16-17(10-11)8-6-5-7-15/h9-10H,5-8,15H2,1-4H3. The number of nitrogens with two attached hydrogens (primary N) is 1.